The van der Waals surface area contributed by atoms with Crippen LogP contribution in [0.4, 0.5) is 0 Å². The van der Waals surface area contributed by atoms with Crippen molar-refractivity contribution in [2.24, 2.45) is 5.10 Å². The van der Waals surface area contributed by atoms with E-state index in [1.165, 1.54) is 0 Å². The van der Waals surface area contributed by atoms with Gasteiger partial charge in [-0.25, -0.2) is 5.43 Å². The number of nitrogens with zero attached hydrogens (tertiary/aromatic N) is 2. The Morgan fingerprint density at radius 2 is 1.86 bits per heavy atom. The van der Waals surface area contributed by atoms with Gasteiger partial charge in [-0.05, 0) is 41.1 Å². The van der Waals surface area contributed by atoms with Gasteiger partial charge in [-0.15, -0.1) is 0 Å². The lowest BCUT2D eigenvalue weighted by molar-refractivity contribution is 0.0957. The molecule has 1 amide bonds. The van der Waals surface area contributed by atoms with E-state index in [1.54, 1.807) is 25.6 Å². The number of carbonyl (C=O) groups excluding carboxylic acids is 1. The van der Waals surface area contributed by atoms with Crippen molar-refractivity contribution >= 4 is 22.9 Å². The number of fused-ring (bicyclic) bond motifs is 1. The number of amides is 1. The zero-order valence-corrected chi connectivity index (χ0v) is 15.2. The standard InChI is InChI=1S/C22H18N4O2/c1-28-18-11-9-16(10-12-18)21-17(13-23-25-21)14-24-26-22(27)20-8-4-6-15-5-2-3-7-19(15)20/h2-14H,1H3,(H,23,25)(H,26,27). The van der Waals surface area contributed by atoms with Gasteiger partial charge in [0.15, 0.2) is 0 Å². The largest absolute Gasteiger partial charge is 0.497 e. The van der Waals surface area contributed by atoms with Gasteiger partial charge in [-0.2, -0.15) is 10.2 Å². The van der Waals surface area contributed by atoms with Crippen molar-refractivity contribution < 1.29 is 9.53 Å². The normalized spacial score (nSPS) is 11.0. The lowest BCUT2D eigenvalue weighted by Crippen LogP contribution is -2.17. The highest BCUT2D eigenvalue weighted by atomic mass is 16.5. The van der Waals surface area contributed by atoms with E-state index >= 15 is 0 Å². The van der Waals surface area contributed by atoms with Gasteiger partial charge in [-0.1, -0.05) is 36.4 Å². The SMILES string of the molecule is COc1ccc(-c2[nH]ncc2C=NNC(=O)c2cccc3ccccc23)cc1. The maximum Gasteiger partial charge on any atom is 0.271 e. The van der Waals surface area contributed by atoms with Gasteiger partial charge >= 0.3 is 0 Å². The van der Waals surface area contributed by atoms with Crippen LogP contribution < -0.4 is 10.2 Å². The summed E-state index contributed by atoms with van der Waals surface area (Å²) < 4.78 is 5.18. The van der Waals surface area contributed by atoms with E-state index < -0.39 is 0 Å². The Kier molecular flexibility index (Phi) is 4.84. The quantitative estimate of drug-likeness (QED) is 0.412. The summed E-state index contributed by atoms with van der Waals surface area (Å²) in [6.45, 7) is 0. The van der Waals surface area contributed by atoms with E-state index in [2.05, 4.69) is 20.7 Å². The fourth-order valence-corrected chi connectivity index (χ4v) is 3.03. The zero-order chi connectivity index (χ0) is 19.3. The number of hydrogen-bond acceptors (Lipinski definition) is 4. The average molecular weight is 370 g/mol. The molecule has 0 aliphatic carbocycles. The number of hydrogen-bond donors (Lipinski definition) is 2. The van der Waals surface area contributed by atoms with Crippen molar-refractivity contribution in [3.05, 3.63) is 84.1 Å². The second-order valence-corrected chi connectivity index (χ2v) is 6.15. The Bertz CT molecular complexity index is 1140. The summed E-state index contributed by atoms with van der Waals surface area (Å²) in [6.07, 6.45) is 3.24. The predicted octanol–water partition coefficient (Wildman–Crippen LogP) is 4.00. The van der Waals surface area contributed by atoms with Crippen molar-refractivity contribution in [2.75, 3.05) is 7.11 Å². The highest BCUT2D eigenvalue weighted by molar-refractivity contribution is 6.07. The third kappa shape index (κ3) is 3.48. The molecule has 6 nitrogen and oxygen atoms in total. The molecule has 0 saturated carbocycles. The van der Waals surface area contributed by atoms with E-state index in [9.17, 15) is 4.79 Å². The number of methoxy groups -OCH3 is 1. The predicted molar refractivity (Wildman–Crippen MR) is 110 cm³/mol. The van der Waals surface area contributed by atoms with Gasteiger partial charge in [0, 0.05) is 16.7 Å². The molecule has 0 bridgehead atoms. The van der Waals surface area contributed by atoms with Gasteiger partial charge in [0.2, 0.25) is 0 Å². The summed E-state index contributed by atoms with van der Waals surface area (Å²) in [4.78, 5) is 12.6. The molecule has 1 aromatic heterocycles. The van der Waals surface area contributed by atoms with Gasteiger partial charge < -0.3 is 4.74 Å². The first-order chi connectivity index (χ1) is 13.8. The van der Waals surface area contributed by atoms with Crippen molar-refractivity contribution in [1.29, 1.82) is 0 Å². The molecule has 138 valence electrons. The van der Waals surface area contributed by atoms with Gasteiger partial charge in [0.05, 0.1) is 25.2 Å². The fraction of sp³-hybridized carbons (Fsp3) is 0.0455. The van der Waals surface area contributed by atoms with E-state index in [4.69, 9.17) is 4.74 Å². The molecule has 0 saturated heterocycles. The van der Waals surface area contributed by atoms with Crippen LogP contribution in [0, 0.1) is 0 Å². The maximum absolute atomic E-state index is 12.6. The van der Waals surface area contributed by atoms with E-state index in [0.717, 1.165) is 33.3 Å². The molecule has 0 spiro atoms. The smallest absolute Gasteiger partial charge is 0.271 e. The molecule has 0 aliphatic heterocycles. The third-order valence-corrected chi connectivity index (χ3v) is 4.45. The van der Waals surface area contributed by atoms with Crippen LogP contribution in [0.2, 0.25) is 0 Å². The maximum atomic E-state index is 12.6. The Morgan fingerprint density at radius 3 is 2.68 bits per heavy atom. The summed E-state index contributed by atoms with van der Waals surface area (Å²) in [5.41, 5.74) is 5.70. The first kappa shape index (κ1) is 17.5. The summed E-state index contributed by atoms with van der Waals surface area (Å²) in [5, 5.41) is 13.0. The minimum absolute atomic E-state index is 0.262. The Labute approximate surface area is 161 Å². The van der Waals surface area contributed by atoms with Crippen molar-refractivity contribution in [3.63, 3.8) is 0 Å². The molecular formula is C22H18N4O2. The van der Waals surface area contributed by atoms with Gasteiger partial charge in [-0.3, -0.25) is 9.89 Å². The van der Waals surface area contributed by atoms with Crippen LogP contribution in [0.5, 0.6) is 5.75 Å². The van der Waals surface area contributed by atoms with Gasteiger partial charge in [0.1, 0.15) is 5.75 Å². The molecule has 3 aromatic carbocycles. The molecule has 0 aliphatic rings. The first-order valence-corrected chi connectivity index (χ1v) is 8.75. The summed E-state index contributed by atoms with van der Waals surface area (Å²) in [7, 11) is 1.63. The molecule has 0 unspecified atom stereocenters. The Hall–Kier alpha value is -3.93. The number of rotatable bonds is 5. The number of carbonyl (C=O) groups is 1. The monoisotopic (exact) mass is 370 g/mol. The van der Waals surface area contributed by atoms with Crippen LogP contribution in [-0.4, -0.2) is 29.4 Å². The highest BCUT2D eigenvalue weighted by Crippen LogP contribution is 2.23. The summed E-state index contributed by atoms with van der Waals surface area (Å²) >= 11 is 0. The van der Waals surface area contributed by atoms with E-state index in [-0.39, 0.29) is 5.91 Å². The zero-order valence-electron chi connectivity index (χ0n) is 15.2. The van der Waals surface area contributed by atoms with Crippen LogP contribution in [0.25, 0.3) is 22.0 Å². The number of nitrogens with one attached hydrogen (secondary N) is 2. The fourth-order valence-electron chi connectivity index (χ4n) is 3.03. The second kappa shape index (κ2) is 7.75. The first-order valence-electron chi connectivity index (χ1n) is 8.75. The molecule has 4 rings (SSSR count). The molecule has 0 atom stereocenters. The molecule has 2 N–H and O–H groups in total. The summed E-state index contributed by atoms with van der Waals surface area (Å²) in [6, 6.07) is 21.0. The number of ether oxygens (including phenoxy) is 1. The summed E-state index contributed by atoms with van der Waals surface area (Å²) in [5.74, 6) is 0.517. The Morgan fingerprint density at radius 1 is 1.07 bits per heavy atom. The molecule has 1 heterocycles. The van der Waals surface area contributed by atoms with Crippen molar-refractivity contribution in [3.8, 4) is 17.0 Å². The lowest BCUT2D eigenvalue weighted by Gasteiger charge is -2.05. The van der Waals surface area contributed by atoms with Gasteiger partial charge in [0.25, 0.3) is 5.91 Å². The van der Waals surface area contributed by atoms with Crippen LogP contribution in [0.3, 0.4) is 0 Å². The Balaban J connectivity index is 1.52. The molecular weight excluding hydrogens is 352 g/mol. The number of hydrazone groups is 1. The van der Waals surface area contributed by atoms with Crippen LogP contribution in [0.15, 0.2) is 78.0 Å². The second-order valence-electron chi connectivity index (χ2n) is 6.15. The number of aromatic amines is 1. The molecule has 6 heteroatoms. The molecule has 4 aromatic rings. The number of H-pyrrole nitrogens is 1. The highest BCUT2D eigenvalue weighted by Gasteiger charge is 2.09. The lowest BCUT2D eigenvalue weighted by atomic mass is 10.0. The minimum Gasteiger partial charge on any atom is -0.497 e. The van der Waals surface area contributed by atoms with Crippen LogP contribution in [0.1, 0.15) is 15.9 Å². The molecule has 0 fully saturated rings. The molecule has 0 radical (unpaired) electrons. The molecule has 28 heavy (non-hydrogen) atoms. The van der Waals surface area contributed by atoms with E-state index in [1.807, 2.05) is 60.7 Å². The van der Waals surface area contributed by atoms with Crippen molar-refractivity contribution in [2.45, 2.75) is 0 Å². The number of benzene rings is 3. The van der Waals surface area contributed by atoms with Crippen molar-refractivity contribution in [1.82, 2.24) is 15.6 Å². The van der Waals surface area contributed by atoms with Crippen LogP contribution in [-0.2, 0) is 0 Å². The third-order valence-electron chi connectivity index (χ3n) is 4.45. The minimum atomic E-state index is -0.262. The van der Waals surface area contributed by atoms with E-state index in [0.29, 0.717) is 5.56 Å². The van der Waals surface area contributed by atoms with Crippen LogP contribution >= 0.6 is 0 Å². The average Bonchev–Trinajstić information content (AvgIpc) is 3.22. The number of aromatic nitrogens is 2. The topological polar surface area (TPSA) is 79.4 Å².